The van der Waals surface area contributed by atoms with Gasteiger partial charge in [-0.15, -0.1) is 0 Å². The number of hydrogen-bond donors (Lipinski definition) is 2. The molecule has 0 rings (SSSR count). The van der Waals surface area contributed by atoms with Crippen molar-refractivity contribution in [1.82, 2.24) is 0 Å². The molecule has 0 unspecified atom stereocenters. The fourth-order valence-electron chi connectivity index (χ4n) is 0.414. The summed E-state index contributed by atoms with van der Waals surface area (Å²) in [5.41, 5.74) is 4.57. The van der Waals surface area contributed by atoms with E-state index in [0.29, 0.717) is 0 Å². The van der Waals surface area contributed by atoms with Gasteiger partial charge < -0.3 is 10.5 Å². The first-order chi connectivity index (χ1) is 4.92. The first kappa shape index (κ1) is 10.2. The number of rotatable bonds is 4. The number of ether oxygens (including phenoxy) is 1. The molecule has 0 aromatic heterocycles. The SMILES string of the molecule is NC(=O)OCCCS(=O)(=O)O. The average molecular weight is 183 g/mol. The Morgan fingerprint density at radius 3 is 2.45 bits per heavy atom. The van der Waals surface area contributed by atoms with E-state index in [4.69, 9.17) is 4.55 Å². The molecule has 0 aliphatic rings. The summed E-state index contributed by atoms with van der Waals surface area (Å²) in [6.45, 7) is -0.102. The van der Waals surface area contributed by atoms with Crippen LogP contribution in [0.2, 0.25) is 0 Å². The molecule has 0 radical (unpaired) electrons. The molecule has 7 heteroatoms. The molecule has 0 heterocycles. The topological polar surface area (TPSA) is 107 Å². The quantitative estimate of drug-likeness (QED) is 0.445. The molecule has 6 nitrogen and oxygen atoms in total. The number of carbonyl (C=O) groups is 1. The molecule has 0 aliphatic heterocycles. The normalized spacial score (nSPS) is 11.0. The molecule has 0 fully saturated rings. The second-order valence-corrected chi connectivity index (χ2v) is 3.38. The van der Waals surface area contributed by atoms with Crippen molar-refractivity contribution in [2.24, 2.45) is 5.73 Å². The van der Waals surface area contributed by atoms with E-state index in [2.05, 4.69) is 10.5 Å². The third-order valence-corrected chi connectivity index (χ3v) is 1.60. The molecule has 11 heavy (non-hydrogen) atoms. The number of primary amides is 1. The maximum absolute atomic E-state index is 10.1. The first-order valence-corrected chi connectivity index (χ1v) is 4.40. The van der Waals surface area contributed by atoms with Crippen LogP contribution in [0.5, 0.6) is 0 Å². The molecule has 0 bridgehead atoms. The smallest absolute Gasteiger partial charge is 0.404 e. The number of nitrogens with two attached hydrogens (primary N) is 1. The molecule has 0 aromatic rings. The van der Waals surface area contributed by atoms with Crippen LogP contribution in [-0.2, 0) is 14.9 Å². The third kappa shape index (κ3) is 9.18. The Bertz CT molecular complexity index is 221. The molecular weight excluding hydrogens is 174 g/mol. The highest BCUT2D eigenvalue weighted by molar-refractivity contribution is 7.85. The van der Waals surface area contributed by atoms with Crippen LogP contribution in [0.4, 0.5) is 4.79 Å². The van der Waals surface area contributed by atoms with E-state index < -0.39 is 22.0 Å². The van der Waals surface area contributed by atoms with Gasteiger partial charge in [0.25, 0.3) is 10.1 Å². The Kier molecular flexibility index (Phi) is 3.83. The van der Waals surface area contributed by atoms with E-state index in [9.17, 15) is 13.2 Å². The van der Waals surface area contributed by atoms with Crippen LogP contribution in [0, 0.1) is 0 Å². The standard InChI is InChI=1S/C4H9NO5S/c5-4(6)10-2-1-3-11(7,8)9/h1-3H2,(H2,5,6)(H,7,8,9). The van der Waals surface area contributed by atoms with E-state index in [-0.39, 0.29) is 13.0 Å². The lowest BCUT2D eigenvalue weighted by atomic mass is 10.5. The molecule has 0 atom stereocenters. The van der Waals surface area contributed by atoms with Crippen LogP contribution < -0.4 is 5.73 Å². The van der Waals surface area contributed by atoms with Gasteiger partial charge in [0.15, 0.2) is 0 Å². The van der Waals surface area contributed by atoms with Gasteiger partial charge in [-0.25, -0.2) is 4.79 Å². The largest absolute Gasteiger partial charge is 0.450 e. The highest BCUT2D eigenvalue weighted by Crippen LogP contribution is 1.88. The zero-order chi connectivity index (χ0) is 8.91. The van der Waals surface area contributed by atoms with Gasteiger partial charge in [0.1, 0.15) is 0 Å². The summed E-state index contributed by atoms with van der Waals surface area (Å²) >= 11 is 0. The van der Waals surface area contributed by atoms with Crippen LogP contribution in [0.1, 0.15) is 6.42 Å². The summed E-state index contributed by atoms with van der Waals surface area (Å²) in [7, 11) is -3.95. The van der Waals surface area contributed by atoms with Gasteiger partial charge in [0.05, 0.1) is 12.4 Å². The maximum atomic E-state index is 10.1. The summed E-state index contributed by atoms with van der Waals surface area (Å²) < 4.78 is 32.5. The van der Waals surface area contributed by atoms with Crippen LogP contribution in [0.25, 0.3) is 0 Å². The third-order valence-electron chi connectivity index (χ3n) is 0.791. The van der Waals surface area contributed by atoms with Gasteiger partial charge in [0, 0.05) is 0 Å². The Morgan fingerprint density at radius 2 is 2.09 bits per heavy atom. The van der Waals surface area contributed by atoms with Gasteiger partial charge >= 0.3 is 6.09 Å². The average Bonchev–Trinajstić information content (AvgIpc) is 1.78. The molecule has 0 saturated heterocycles. The Balaban J connectivity index is 3.37. The number of carbonyl (C=O) groups excluding carboxylic acids is 1. The van der Waals surface area contributed by atoms with E-state index >= 15 is 0 Å². The van der Waals surface area contributed by atoms with Crippen LogP contribution in [-0.4, -0.2) is 31.4 Å². The van der Waals surface area contributed by atoms with Crippen molar-refractivity contribution in [1.29, 1.82) is 0 Å². The van der Waals surface area contributed by atoms with Crippen LogP contribution in [0.15, 0.2) is 0 Å². The lowest BCUT2D eigenvalue weighted by Crippen LogP contribution is -2.15. The summed E-state index contributed by atoms with van der Waals surface area (Å²) in [4.78, 5) is 9.91. The maximum Gasteiger partial charge on any atom is 0.404 e. The zero-order valence-electron chi connectivity index (χ0n) is 5.69. The summed E-state index contributed by atoms with van der Waals surface area (Å²) in [6, 6.07) is 0. The second-order valence-electron chi connectivity index (χ2n) is 1.81. The van der Waals surface area contributed by atoms with Gasteiger partial charge in [-0.2, -0.15) is 8.42 Å². The van der Waals surface area contributed by atoms with Crippen LogP contribution in [0.3, 0.4) is 0 Å². The zero-order valence-corrected chi connectivity index (χ0v) is 6.50. The minimum atomic E-state index is -3.95. The van der Waals surface area contributed by atoms with Gasteiger partial charge in [-0.05, 0) is 6.42 Å². The Labute approximate surface area is 64.1 Å². The van der Waals surface area contributed by atoms with Gasteiger partial charge in [0.2, 0.25) is 0 Å². The predicted octanol–water partition coefficient (Wildman–Crippen LogP) is -0.640. The molecule has 3 N–H and O–H groups in total. The summed E-state index contributed by atoms with van der Waals surface area (Å²) in [5.74, 6) is -0.430. The van der Waals surface area contributed by atoms with E-state index in [1.807, 2.05) is 0 Å². The van der Waals surface area contributed by atoms with Crippen LogP contribution >= 0.6 is 0 Å². The minimum Gasteiger partial charge on any atom is -0.450 e. The van der Waals surface area contributed by atoms with Crippen molar-refractivity contribution in [3.05, 3.63) is 0 Å². The highest BCUT2D eigenvalue weighted by atomic mass is 32.2. The predicted molar refractivity (Wildman–Crippen MR) is 36.6 cm³/mol. The molecule has 0 aromatic carbocycles. The fraction of sp³-hybridized carbons (Fsp3) is 0.750. The van der Waals surface area contributed by atoms with Crippen molar-refractivity contribution in [2.75, 3.05) is 12.4 Å². The van der Waals surface area contributed by atoms with E-state index in [0.717, 1.165) is 0 Å². The molecule has 0 saturated carbocycles. The first-order valence-electron chi connectivity index (χ1n) is 2.79. The van der Waals surface area contributed by atoms with Crippen molar-refractivity contribution in [3.8, 4) is 0 Å². The van der Waals surface area contributed by atoms with Gasteiger partial charge in [-0.3, -0.25) is 4.55 Å². The molecule has 0 aliphatic carbocycles. The minimum absolute atomic E-state index is 0.0434. The van der Waals surface area contributed by atoms with Gasteiger partial charge in [-0.1, -0.05) is 0 Å². The Morgan fingerprint density at radius 1 is 1.55 bits per heavy atom. The summed E-state index contributed by atoms with van der Waals surface area (Å²) in [5, 5.41) is 0. The second kappa shape index (κ2) is 4.14. The van der Waals surface area contributed by atoms with Crippen molar-refractivity contribution >= 4 is 16.2 Å². The van der Waals surface area contributed by atoms with Crippen molar-refractivity contribution in [2.45, 2.75) is 6.42 Å². The number of hydrogen-bond acceptors (Lipinski definition) is 4. The number of amides is 1. The van der Waals surface area contributed by atoms with Crippen molar-refractivity contribution < 1.29 is 22.5 Å². The molecule has 0 spiro atoms. The van der Waals surface area contributed by atoms with Crippen molar-refractivity contribution in [3.63, 3.8) is 0 Å². The Hall–Kier alpha value is -0.820. The molecule has 1 amide bonds. The lowest BCUT2D eigenvalue weighted by Gasteiger charge is -1.98. The lowest BCUT2D eigenvalue weighted by molar-refractivity contribution is 0.157. The van der Waals surface area contributed by atoms with E-state index in [1.54, 1.807) is 0 Å². The summed E-state index contributed by atoms with van der Waals surface area (Å²) in [6.07, 6.45) is -0.915. The van der Waals surface area contributed by atoms with E-state index in [1.165, 1.54) is 0 Å². The fourth-order valence-corrected chi connectivity index (χ4v) is 0.897. The highest BCUT2D eigenvalue weighted by Gasteiger charge is 2.03. The molecule has 66 valence electrons. The monoisotopic (exact) mass is 183 g/mol. The molecular formula is C4H9NO5S.